The Bertz CT molecular complexity index is 2920. The lowest BCUT2D eigenvalue weighted by Crippen LogP contribution is -2.25. The second-order valence-corrected chi connectivity index (χ2v) is 13.3. The summed E-state index contributed by atoms with van der Waals surface area (Å²) in [5.74, 6) is -0.0233. The summed E-state index contributed by atoms with van der Waals surface area (Å²) in [5, 5.41) is 15.5. The maximum atomic E-state index is 13.0. The fraction of sp³-hybridized carbons (Fsp3) is 0.0208. The van der Waals surface area contributed by atoms with Gasteiger partial charge in [-0.1, -0.05) is 133 Å². The van der Waals surface area contributed by atoms with Gasteiger partial charge in [-0.15, -0.1) is 0 Å². The maximum absolute atomic E-state index is 13.0. The minimum Gasteiger partial charge on any atom is -0.311 e. The molecular weight excluding hydrogens is 607 g/mol. The molecule has 10 rings (SSSR count). The Morgan fingerprint density at radius 3 is 1.36 bits per heavy atom. The number of benzene rings is 9. The predicted octanol–water partition coefficient (Wildman–Crippen LogP) is 12.7. The van der Waals surface area contributed by atoms with Crippen molar-refractivity contribution in [3.8, 4) is 22.3 Å². The van der Waals surface area contributed by atoms with Crippen LogP contribution in [0.25, 0.3) is 86.9 Å². The average molecular weight is 638 g/mol. The number of carbonyl (C=O) groups is 1. The van der Waals surface area contributed by atoms with E-state index in [4.69, 9.17) is 0 Å². The third kappa shape index (κ3) is 4.32. The summed E-state index contributed by atoms with van der Waals surface area (Å²) in [6.45, 7) is 0. The SMILES string of the molecule is CN(C(=O)c1ccccc1)c1ccc(-c2ccc(-c3cc4ccc5cccc6c7cccc8ccc9cccc(c(c3)c4c56)c9c87)cc2)cc1. The summed E-state index contributed by atoms with van der Waals surface area (Å²) in [6, 6.07) is 60.6. The molecule has 0 aliphatic rings. The Balaban J connectivity index is 1.12. The van der Waals surface area contributed by atoms with Crippen molar-refractivity contribution in [3.63, 3.8) is 0 Å². The summed E-state index contributed by atoms with van der Waals surface area (Å²) in [6.07, 6.45) is 0. The maximum Gasteiger partial charge on any atom is 0.258 e. The van der Waals surface area contributed by atoms with Crippen LogP contribution in [0.1, 0.15) is 10.4 Å². The van der Waals surface area contributed by atoms with Gasteiger partial charge in [0.2, 0.25) is 0 Å². The van der Waals surface area contributed by atoms with Crippen molar-refractivity contribution in [1.29, 1.82) is 0 Å². The molecule has 2 heteroatoms. The number of amides is 1. The fourth-order valence-electron chi connectivity index (χ4n) is 8.07. The first-order valence-electron chi connectivity index (χ1n) is 17.1. The molecule has 0 saturated heterocycles. The molecule has 1 amide bonds. The van der Waals surface area contributed by atoms with Crippen molar-refractivity contribution in [2.75, 3.05) is 11.9 Å². The zero-order valence-electron chi connectivity index (χ0n) is 27.5. The van der Waals surface area contributed by atoms with Crippen LogP contribution in [-0.2, 0) is 0 Å². The van der Waals surface area contributed by atoms with Gasteiger partial charge in [0.1, 0.15) is 0 Å². The van der Waals surface area contributed by atoms with E-state index >= 15 is 0 Å². The standard InChI is InChI=1S/C48H31NO/c1-49(48(50)36-8-3-2-4-9-36)39-26-24-31(25-27-39)30-16-18-32(19-17-30)38-28-37-23-22-35-11-6-14-41-40-13-5-10-33-20-21-34-12-7-15-42(46(34)44(33)40)43(29-38)47(37)45(35)41/h2-29H,1H3. The van der Waals surface area contributed by atoms with Gasteiger partial charge in [0.05, 0.1) is 0 Å². The molecule has 0 fully saturated rings. The topological polar surface area (TPSA) is 20.3 Å². The van der Waals surface area contributed by atoms with Gasteiger partial charge in [-0.3, -0.25) is 4.79 Å². The molecule has 0 aliphatic heterocycles. The van der Waals surface area contributed by atoms with Crippen molar-refractivity contribution in [3.05, 3.63) is 175 Å². The number of fused-ring (bicyclic) bond motifs is 2. The van der Waals surface area contributed by atoms with Crippen LogP contribution in [0.15, 0.2) is 170 Å². The normalized spacial score (nSPS) is 11.8. The molecule has 10 aromatic carbocycles. The number of hydrogen-bond donors (Lipinski definition) is 0. The summed E-state index contributed by atoms with van der Waals surface area (Å²) in [5.41, 5.74) is 6.16. The molecule has 0 N–H and O–H groups in total. The molecule has 0 saturated carbocycles. The monoisotopic (exact) mass is 637 g/mol. The van der Waals surface area contributed by atoms with Crippen LogP contribution in [0, 0.1) is 0 Å². The van der Waals surface area contributed by atoms with Gasteiger partial charge in [-0.25, -0.2) is 0 Å². The van der Waals surface area contributed by atoms with Gasteiger partial charge >= 0.3 is 0 Å². The lowest BCUT2D eigenvalue weighted by Gasteiger charge is -2.18. The van der Waals surface area contributed by atoms with E-state index in [0.29, 0.717) is 5.56 Å². The fourth-order valence-corrected chi connectivity index (χ4v) is 8.07. The molecule has 0 radical (unpaired) electrons. The Kier molecular flexibility index (Phi) is 6.28. The van der Waals surface area contributed by atoms with Crippen LogP contribution in [0.5, 0.6) is 0 Å². The van der Waals surface area contributed by atoms with Gasteiger partial charge in [0, 0.05) is 18.3 Å². The zero-order chi connectivity index (χ0) is 33.3. The van der Waals surface area contributed by atoms with E-state index in [2.05, 4.69) is 127 Å². The van der Waals surface area contributed by atoms with E-state index in [-0.39, 0.29) is 5.91 Å². The van der Waals surface area contributed by atoms with E-state index in [9.17, 15) is 4.79 Å². The number of hydrogen-bond acceptors (Lipinski definition) is 1. The largest absolute Gasteiger partial charge is 0.311 e. The predicted molar refractivity (Wildman–Crippen MR) is 213 cm³/mol. The molecule has 0 aliphatic carbocycles. The van der Waals surface area contributed by atoms with Crippen LogP contribution < -0.4 is 4.90 Å². The summed E-state index contributed by atoms with van der Waals surface area (Å²) in [7, 11) is 1.82. The lowest BCUT2D eigenvalue weighted by molar-refractivity contribution is 0.0993. The first-order valence-corrected chi connectivity index (χ1v) is 17.1. The minimum atomic E-state index is -0.0233. The summed E-state index contributed by atoms with van der Waals surface area (Å²) < 4.78 is 0. The highest BCUT2D eigenvalue weighted by Gasteiger charge is 2.17. The molecule has 0 unspecified atom stereocenters. The van der Waals surface area contributed by atoms with Gasteiger partial charge in [0.25, 0.3) is 5.91 Å². The van der Waals surface area contributed by atoms with E-state index in [0.717, 1.165) is 16.8 Å². The van der Waals surface area contributed by atoms with Crippen molar-refractivity contribution in [2.45, 2.75) is 0 Å². The first-order chi connectivity index (χ1) is 24.6. The molecule has 0 atom stereocenters. The minimum absolute atomic E-state index is 0.0233. The highest BCUT2D eigenvalue weighted by Crippen LogP contribution is 2.44. The van der Waals surface area contributed by atoms with Crippen molar-refractivity contribution in [1.82, 2.24) is 0 Å². The van der Waals surface area contributed by atoms with E-state index < -0.39 is 0 Å². The van der Waals surface area contributed by atoms with Crippen LogP contribution >= 0.6 is 0 Å². The van der Waals surface area contributed by atoms with Crippen LogP contribution in [0.3, 0.4) is 0 Å². The third-order valence-corrected chi connectivity index (χ3v) is 10.6. The quantitative estimate of drug-likeness (QED) is 0.176. The molecule has 2 nitrogen and oxygen atoms in total. The van der Waals surface area contributed by atoms with E-state index in [1.807, 2.05) is 49.5 Å². The second-order valence-electron chi connectivity index (χ2n) is 13.3. The lowest BCUT2D eigenvalue weighted by atomic mass is 9.86. The molecule has 0 spiro atoms. The van der Waals surface area contributed by atoms with E-state index in [1.54, 1.807) is 4.90 Å². The zero-order valence-corrected chi connectivity index (χ0v) is 27.5. The number of carbonyl (C=O) groups excluding carboxylic acids is 1. The van der Waals surface area contributed by atoms with Gasteiger partial charge in [-0.2, -0.15) is 0 Å². The van der Waals surface area contributed by atoms with Crippen LogP contribution in [-0.4, -0.2) is 13.0 Å². The Labute approximate surface area is 289 Å². The molecule has 0 bridgehead atoms. The highest BCUT2D eigenvalue weighted by atomic mass is 16.2. The van der Waals surface area contributed by atoms with Crippen molar-refractivity contribution in [2.24, 2.45) is 0 Å². The first kappa shape index (κ1) is 28.5. The van der Waals surface area contributed by atoms with Crippen molar-refractivity contribution >= 4 is 76.2 Å². The van der Waals surface area contributed by atoms with Gasteiger partial charge in [0.15, 0.2) is 0 Å². The highest BCUT2D eigenvalue weighted by molar-refractivity contribution is 6.37. The van der Waals surface area contributed by atoms with Crippen molar-refractivity contribution < 1.29 is 4.79 Å². The Morgan fingerprint density at radius 2 is 0.820 bits per heavy atom. The van der Waals surface area contributed by atoms with Gasteiger partial charge in [-0.05, 0) is 123 Å². The van der Waals surface area contributed by atoms with Gasteiger partial charge < -0.3 is 4.90 Å². The number of nitrogens with zero attached hydrogens (tertiary/aromatic N) is 1. The third-order valence-electron chi connectivity index (χ3n) is 10.6. The summed E-state index contributed by atoms with van der Waals surface area (Å²) in [4.78, 5) is 14.7. The molecule has 0 aromatic heterocycles. The smallest absolute Gasteiger partial charge is 0.258 e. The Hall–Kier alpha value is -6.51. The van der Waals surface area contributed by atoms with Crippen LogP contribution in [0.4, 0.5) is 5.69 Å². The Morgan fingerprint density at radius 1 is 0.380 bits per heavy atom. The molecule has 50 heavy (non-hydrogen) atoms. The second kappa shape index (κ2) is 11.0. The van der Waals surface area contributed by atoms with E-state index in [1.165, 1.54) is 75.8 Å². The average Bonchev–Trinajstić information content (AvgIpc) is 3.19. The molecule has 10 aromatic rings. The molecular formula is C48H31NO. The summed E-state index contributed by atoms with van der Waals surface area (Å²) >= 11 is 0. The number of rotatable bonds is 4. The van der Waals surface area contributed by atoms with Crippen LogP contribution in [0.2, 0.25) is 0 Å². The number of anilines is 1. The molecule has 0 heterocycles. The molecule has 234 valence electrons.